The number of ether oxygens (including phenoxy) is 3. The zero-order valence-electron chi connectivity index (χ0n) is 17.9. The fourth-order valence-electron chi connectivity index (χ4n) is 3.40. The Morgan fingerprint density at radius 1 is 1.07 bits per heavy atom. The number of nitrogens with one attached hydrogen (secondary N) is 1. The smallest absolute Gasteiger partial charge is 0.239 e. The molecule has 0 aromatic heterocycles. The number of rotatable bonds is 8. The van der Waals surface area contributed by atoms with Gasteiger partial charge in [0.2, 0.25) is 11.8 Å². The van der Waals surface area contributed by atoms with Gasteiger partial charge in [-0.25, -0.2) is 0 Å². The van der Waals surface area contributed by atoms with E-state index in [1.54, 1.807) is 37.3 Å². The predicted molar refractivity (Wildman–Crippen MR) is 115 cm³/mol. The van der Waals surface area contributed by atoms with Gasteiger partial charge < -0.3 is 24.4 Å². The Bertz CT molecular complexity index is 928. The number of anilines is 2. The van der Waals surface area contributed by atoms with Crippen molar-refractivity contribution in [1.29, 1.82) is 0 Å². The van der Waals surface area contributed by atoms with Crippen LogP contribution in [0.25, 0.3) is 0 Å². The average Bonchev–Trinajstić information content (AvgIpc) is 3.12. The highest BCUT2D eigenvalue weighted by Gasteiger charge is 2.37. The molecule has 0 aliphatic carbocycles. The Labute approximate surface area is 176 Å². The van der Waals surface area contributed by atoms with Crippen molar-refractivity contribution < 1.29 is 23.8 Å². The van der Waals surface area contributed by atoms with Crippen LogP contribution in [-0.2, 0) is 14.3 Å². The highest BCUT2D eigenvalue weighted by atomic mass is 16.5. The monoisotopic (exact) mass is 412 g/mol. The minimum Gasteiger partial charge on any atom is -0.493 e. The van der Waals surface area contributed by atoms with Crippen LogP contribution in [0.4, 0.5) is 11.4 Å². The first-order valence-electron chi connectivity index (χ1n) is 9.94. The van der Waals surface area contributed by atoms with E-state index in [1.165, 1.54) is 5.56 Å². The average molecular weight is 412 g/mol. The van der Waals surface area contributed by atoms with Gasteiger partial charge in [0.05, 0.1) is 13.7 Å². The lowest BCUT2D eigenvalue weighted by Gasteiger charge is -2.18. The fraction of sp³-hybridized carbons (Fsp3) is 0.391. The molecule has 1 fully saturated rings. The molecule has 0 spiro atoms. The van der Waals surface area contributed by atoms with Crippen LogP contribution in [0.1, 0.15) is 17.5 Å². The lowest BCUT2D eigenvalue weighted by Crippen LogP contribution is -2.33. The molecular weight excluding hydrogens is 384 g/mol. The fourth-order valence-corrected chi connectivity index (χ4v) is 3.40. The summed E-state index contributed by atoms with van der Waals surface area (Å²) in [4.78, 5) is 27.4. The van der Waals surface area contributed by atoms with Crippen molar-refractivity contribution in [1.82, 2.24) is 0 Å². The molecular formula is C23H28N2O5. The molecule has 0 saturated carbocycles. The van der Waals surface area contributed by atoms with E-state index >= 15 is 0 Å². The summed E-state index contributed by atoms with van der Waals surface area (Å²) < 4.78 is 15.9. The highest BCUT2D eigenvalue weighted by Crippen LogP contribution is 2.32. The zero-order valence-corrected chi connectivity index (χ0v) is 17.9. The highest BCUT2D eigenvalue weighted by molar-refractivity contribution is 6.13. The summed E-state index contributed by atoms with van der Waals surface area (Å²) in [7, 11) is 3.15. The van der Waals surface area contributed by atoms with Crippen molar-refractivity contribution in [2.24, 2.45) is 5.92 Å². The van der Waals surface area contributed by atoms with E-state index < -0.39 is 5.92 Å². The number of nitrogens with zero attached hydrogens (tertiary/aromatic N) is 1. The quantitative estimate of drug-likeness (QED) is 0.532. The molecule has 30 heavy (non-hydrogen) atoms. The standard InChI is InChI=1S/C23H28N2O5/c1-15-5-7-18(13-16(15)2)25-10-9-19(23(25)27)22(26)24-17-6-8-20(29-4)21(14-17)30-12-11-28-3/h5-8,13-14,19H,9-12H2,1-4H3,(H,24,26). The molecule has 1 aliphatic heterocycles. The molecule has 1 atom stereocenters. The number of carbonyl (C=O) groups is 2. The minimum absolute atomic E-state index is 0.180. The summed E-state index contributed by atoms with van der Waals surface area (Å²) >= 11 is 0. The second-order valence-corrected chi connectivity index (χ2v) is 7.30. The van der Waals surface area contributed by atoms with Crippen molar-refractivity contribution >= 4 is 23.2 Å². The second kappa shape index (κ2) is 9.63. The van der Waals surface area contributed by atoms with Crippen LogP contribution in [0, 0.1) is 19.8 Å². The van der Waals surface area contributed by atoms with E-state index in [-0.39, 0.29) is 11.8 Å². The molecule has 7 nitrogen and oxygen atoms in total. The molecule has 1 unspecified atom stereocenters. The van der Waals surface area contributed by atoms with Gasteiger partial charge >= 0.3 is 0 Å². The maximum atomic E-state index is 12.9. The molecule has 1 saturated heterocycles. The van der Waals surface area contributed by atoms with Crippen molar-refractivity contribution in [3.05, 3.63) is 47.5 Å². The predicted octanol–water partition coefficient (Wildman–Crippen LogP) is 3.33. The molecule has 0 radical (unpaired) electrons. The van der Waals surface area contributed by atoms with Gasteiger partial charge in [-0.05, 0) is 55.7 Å². The SMILES string of the molecule is COCCOc1cc(NC(=O)C2CCN(c3ccc(C)c(C)c3)C2=O)ccc1OC. The number of methoxy groups -OCH3 is 2. The third kappa shape index (κ3) is 4.74. The van der Waals surface area contributed by atoms with Crippen LogP contribution in [0.3, 0.4) is 0 Å². The van der Waals surface area contributed by atoms with Crippen molar-refractivity contribution in [2.45, 2.75) is 20.3 Å². The van der Waals surface area contributed by atoms with Crippen molar-refractivity contribution in [3.8, 4) is 11.5 Å². The maximum absolute atomic E-state index is 12.9. The van der Waals surface area contributed by atoms with E-state index in [1.807, 2.05) is 32.0 Å². The molecule has 160 valence electrons. The third-order valence-corrected chi connectivity index (χ3v) is 5.30. The maximum Gasteiger partial charge on any atom is 0.239 e. The summed E-state index contributed by atoms with van der Waals surface area (Å²) in [6.45, 7) is 5.36. The number of carbonyl (C=O) groups excluding carboxylic acids is 2. The first kappa shape index (κ1) is 21.6. The van der Waals surface area contributed by atoms with Crippen LogP contribution in [0.15, 0.2) is 36.4 Å². The summed E-state index contributed by atoms with van der Waals surface area (Å²) in [5, 5.41) is 2.84. The van der Waals surface area contributed by atoms with Crippen LogP contribution >= 0.6 is 0 Å². The van der Waals surface area contributed by atoms with E-state index in [4.69, 9.17) is 14.2 Å². The topological polar surface area (TPSA) is 77.1 Å². The number of aryl methyl sites for hydroxylation is 2. The second-order valence-electron chi connectivity index (χ2n) is 7.30. The third-order valence-electron chi connectivity index (χ3n) is 5.30. The largest absolute Gasteiger partial charge is 0.493 e. The normalized spacial score (nSPS) is 15.9. The molecule has 2 aromatic rings. The van der Waals surface area contributed by atoms with E-state index in [0.29, 0.717) is 43.4 Å². The first-order chi connectivity index (χ1) is 14.4. The minimum atomic E-state index is -0.716. The Morgan fingerprint density at radius 2 is 1.87 bits per heavy atom. The number of amides is 2. The van der Waals surface area contributed by atoms with Gasteiger partial charge in [0.15, 0.2) is 11.5 Å². The number of benzene rings is 2. The lowest BCUT2D eigenvalue weighted by atomic mass is 10.1. The van der Waals surface area contributed by atoms with E-state index in [0.717, 1.165) is 11.3 Å². The Hall–Kier alpha value is -3.06. The van der Waals surface area contributed by atoms with E-state index in [9.17, 15) is 9.59 Å². The molecule has 2 amide bonds. The van der Waals surface area contributed by atoms with Crippen LogP contribution < -0.4 is 19.7 Å². The van der Waals surface area contributed by atoms with Gasteiger partial charge in [-0.2, -0.15) is 0 Å². The van der Waals surface area contributed by atoms with Crippen molar-refractivity contribution in [3.63, 3.8) is 0 Å². The van der Waals surface area contributed by atoms with Crippen molar-refractivity contribution in [2.75, 3.05) is 44.2 Å². The first-order valence-corrected chi connectivity index (χ1v) is 9.94. The van der Waals surface area contributed by atoms with Gasteiger partial charge in [-0.3, -0.25) is 9.59 Å². The molecule has 3 rings (SSSR count). The van der Waals surface area contributed by atoms with Gasteiger partial charge in [0.25, 0.3) is 0 Å². The molecule has 7 heteroatoms. The summed E-state index contributed by atoms with van der Waals surface area (Å²) in [6, 6.07) is 11.0. The Balaban J connectivity index is 1.69. The lowest BCUT2D eigenvalue weighted by molar-refractivity contribution is -0.129. The van der Waals surface area contributed by atoms with E-state index in [2.05, 4.69) is 5.32 Å². The van der Waals surface area contributed by atoms with Gasteiger partial charge in [0, 0.05) is 31.1 Å². The Morgan fingerprint density at radius 3 is 2.57 bits per heavy atom. The molecule has 1 N–H and O–H groups in total. The summed E-state index contributed by atoms with van der Waals surface area (Å²) in [6.07, 6.45) is 0.477. The zero-order chi connectivity index (χ0) is 21.7. The molecule has 1 heterocycles. The molecule has 1 aliphatic rings. The van der Waals surface area contributed by atoms with Gasteiger partial charge in [-0.1, -0.05) is 6.07 Å². The molecule has 2 aromatic carbocycles. The van der Waals surface area contributed by atoms with Crippen LogP contribution in [0.2, 0.25) is 0 Å². The van der Waals surface area contributed by atoms with Gasteiger partial charge in [0.1, 0.15) is 12.5 Å². The number of hydrogen-bond acceptors (Lipinski definition) is 5. The Kier molecular flexibility index (Phi) is 6.95. The van der Waals surface area contributed by atoms with Crippen LogP contribution in [-0.4, -0.2) is 45.8 Å². The number of hydrogen-bond donors (Lipinski definition) is 1. The van der Waals surface area contributed by atoms with Gasteiger partial charge in [-0.15, -0.1) is 0 Å². The van der Waals surface area contributed by atoms with Crippen LogP contribution in [0.5, 0.6) is 11.5 Å². The summed E-state index contributed by atoms with van der Waals surface area (Å²) in [5.41, 5.74) is 3.66. The molecule has 0 bridgehead atoms. The summed E-state index contributed by atoms with van der Waals surface area (Å²) in [5.74, 6) is -0.157.